The Balaban J connectivity index is 1.45. The molecule has 1 aromatic carbocycles. The summed E-state index contributed by atoms with van der Waals surface area (Å²) in [6.07, 6.45) is 6.97. The van der Waals surface area contributed by atoms with E-state index in [4.69, 9.17) is 4.74 Å². The third-order valence-electron chi connectivity index (χ3n) is 4.97. The number of benzene rings is 1. The lowest BCUT2D eigenvalue weighted by atomic mass is 10.1. The maximum atomic E-state index is 13.1. The molecule has 0 unspecified atom stereocenters. The van der Waals surface area contributed by atoms with Crippen LogP contribution < -0.4 is 4.74 Å². The fourth-order valence-corrected chi connectivity index (χ4v) is 3.86. The summed E-state index contributed by atoms with van der Waals surface area (Å²) >= 11 is 1.79. The van der Waals surface area contributed by atoms with Gasteiger partial charge in [0.25, 0.3) is 0 Å². The van der Waals surface area contributed by atoms with Gasteiger partial charge in [-0.2, -0.15) is 11.8 Å². The van der Waals surface area contributed by atoms with Gasteiger partial charge in [-0.05, 0) is 42.7 Å². The van der Waals surface area contributed by atoms with Gasteiger partial charge in [-0.15, -0.1) is 0 Å². The monoisotopic (exact) mass is 387 g/mol. The highest BCUT2D eigenvalue weighted by molar-refractivity contribution is 7.98. The van der Waals surface area contributed by atoms with E-state index in [2.05, 4.69) is 15.7 Å². The molecule has 1 atom stereocenters. The van der Waals surface area contributed by atoms with Crippen LogP contribution in [0.4, 0.5) is 0 Å². The van der Waals surface area contributed by atoms with Crippen molar-refractivity contribution in [1.82, 2.24) is 14.4 Å². The summed E-state index contributed by atoms with van der Waals surface area (Å²) in [7, 11) is 0. The molecule has 5 nitrogen and oxygen atoms in total. The highest BCUT2D eigenvalue weighted by atomic mass is 32.2. The topological polar surface area (TPSA) is 37.7 Å². The third-order valence-corrected chi connectivity index (χ3v) is 5.62. The maximum absolute atomic E-state index is 13.1. The molecule has 0 aliphatic carbocycles. The van der Waals surface area contributed by atoms with Gasteiger partial charge in [0, 0.05) is 45.1 Å². The van der Waals surface area contributed by atoms with Gasteiger partial charge in [0.15, 0.2) is 0 Å². The van der Waals surface area contributed by atoms with Crippen molar-refractivity contribution in [3.05, 3.63) is 54.9 Å². The van der Waals surface area contributed by atoms with E-state index < -0.39 is 0 Å². The molecular formula is C21H29N3O2S. The van der Waals surface area contributed by atoms with Crippen LogP contribution in [-0.2, 0) is 4.79 Å². The predicted octanol–water partition coefficient (Wildman–Crippen LogP) is 3.01. The molecule has 3 rings (SSSR count). The lowest BCUT2D eigenvalue weighted by molar-refractivity contribution is -0.136. The summed E-state index contributed by atoms with van der Waals surface area (Å²) in [6.45, 7) is 4.97. The number of aromatic nitrogens is 1. The molecule has 0 N–H and O–H groups in total. The van der Waals surface area contributed by atoms with Crippen molar-refractivity contribution in [2.75, 3.05) is 51.3 Å². The van der Waals surface area contributed by atoms with Gasteiger partial charge < -0.3 is 14.2 Å². The molecule has 2 aromatic rings. The SMILES string of the molecule is CSCC[C@H](C(=O)N1CCN(CCOc2ccccc2)CC1)n1cccc1. The Kier molecular flexibility index (Phi) is 7.66. The number of carbonyl (C=O) groups excluding carboxylic acids is 1. The molecule has 1 aliphatic rings. The van der Waals surface area contributed by atoms with Crippen molar-refractivity contribution in [2.45, 2.75) is 12.5 Å². The largest absolute Gasteiger partial charge is 0.492 e. The summed E-state index contributed by atoms with van der Waals surface area (Å²) in [5.74, 6) is 2.15. The first-order valence-corrected chi connectivity index (χ1v) is 11.0. The number of para-hydroxylation sites is 1. The average Bonchev–Trinajstić information content (AvgIpc) is 3.24. The van der Waals surface area contributed by atoms with Crippen molar-refractivity contribution in [2.24, 2.45) is 0 Å². The van der Waals surface area contributed by atoms with Crippen LogP contribution in [0.2, 0.25) is 0 Å². The summed E-state index contributed by atoms with van der Waals surface area (Å²) in [4.78, 5) is 17.5. The Hall–Kier alpha value is -1.92. The first kappa shape index (κ1) is 19.8. The summed E-state index contributed by atoms with van der Waals surface area (Å²) in [5, 5.41) is 0. The van der Waals surface area contributed by atoms with Crippen LogP contribution in [0.15, 0.2) is 54.9 Å². The molecule has 1 aromatic heterocycles. The molecule has 0 radical (unpaired) electrons. The Labute approximate surface area is 166 Å². The van der Waals surface area contributed by atoms with Gasteiger partial charge >= 0.3 is 0 Å². The molecule has 0 spiro atoms. The van der Waals surface area contributed by atoms with Crippen molar-refractivity contribution < 1.29 is 9.53 Å². The van der Waals surface area contributed by atoms with Crippen molar-refractivity contribution >= 4 is 17.7 Å². The fraction of sp³-hybridized carbons (Fsp3) is 0.476. The highest BCUT2D eigenvalue weighted by Crippen LogP contribution is 2.19. The molecule has 1 aliphatic heterocycles. The molecule has 0 saturated carbocycles. The zero-order chi connectivity index (χ0) is 18.9. The van der Waals surface area contributed by atoms with Gasteiger partial charge in [0.2, 0.25) is 5.91 Å². The second-order valence-corrected chi connectivity index (χ2v) is 7.74. The van der Waals surface area contributed by atoms with Gasteiger partial charge in [-0.1, -0.05) is 18.2 Å². The second-order valence-electron chi connectivity index (χ2n) is 6.76. The van der Waals surface area contributed by atoms with Crippen LogP contribution in [0.25, 0.3) is 0 Å². The van der Waals surface area contributed by atoms with Crippen LogP contribution in [-0.4, -0.2) is 71.6 Å². The number of amides is 1. The van der Waals surface area contributed by atoms with E-state index in [9.17, 15) is 4.79 Å². The number of rotatable bonds is 9. The minimum Gasteiger partial charge on any atom is -0.492 e. The smallest absolute Gasteiger partial charge is 0.245 e. The number of hydrogen-bond donors (Lipinski definition) is 0. The second kappa shape index (κ2) is 10.4. The summed E-state index contributed by atoms with van der Waals surface area (Å²) < 4.78 is 7.84. The molecular weight excluding hydrogens is 358 g/mol. The van der Waals surface area contributed by atoms with Gasteiger partial charge in [-0.3, -0.25) is 9.69 Å². The van der Waals surface area contributed by atoms with E-state index in [0.29, 0.717) is 6.61 Å². The Morgan fingerprint density at radius 3 is 2.44 bits per heavy atom. The third kappa shape index (κ3) is 5.78. The van der Waals surface area contributed by atoms with Gasteiger partial charge in [-0.25, -0.2) is 0 Å². The fourth-order valence-electron chi connectivity index (χ4n) is 3.40. The van der Waals surface area contributed by atoms with Crippen molar-refractivity contribution in [3.8, 4) is 5.75 Å². The van der Waals surface area contributed by atoms with E-state index in [1.165, 1.54) is 0 Å². The summed E-state index contributed by atoms with van der Waals surface area (Å²) in [5.41, 5.74) is 0. The number of nitrogens with zero attached hydrogens (tertiary/aromatic N) is 3. The zero-order valence-corrected chi connectivity index (χ0v) is 16.8. The number of thioether (sulfide) groups is 1. The van der Waals surface area contributed by atoms with Crippen LogP contribution in [0.1, 0.15) is 12.5 Å². The molecule has 1 fully saturated rings. The van der Waals surface area contributed by atoms with E-state index in [0.717, 1.165) is 50.6 Å². The average molecular weight is 388 g/mol. The van der Waals surface area contributed by atoms with E-state index in [-0.39, 0.29) is 11.9 Å². The number of ether oxygens (including phenoxy) is 1. The quantitative estimate of drug-likeness (QED) is 0.663. The van der Waals surface area contributed by atoms with Crippen molar-refractivity contribution in [1.29, 1.82) is 0 Å². The van der Waals surface area contributed by atoms with Crippen LogP contribution in [0.5, 0.6) is 5.75 Å². The molecule has 1 amide bonds. The Bertz CT molecular complexity index is 670. The first-order valence-electron chi connectivity index (χ1n) is 9.58. The number of hydrogen-bond acceptors (Lipinski definition) is 4. The van der Waals surface area contributed by atoms with E-state index in [1.807, 2.05) is 59.8 Å². The number of piperazine rings is 1. The molecule has 2 heterocycles. The molecule has 146 valence electrons. The molecule has 0 bridgehead atoms. The molecule has 27 heavy (non-hydrogen) atoms. The van der Waals surface area contributed by atoms with E-state index >= 15 is 0 Å². The first-order chi connectivity index (χ1) is 13.3. The zero-order valence-electron chi connectivity index (χ0n) is 16.0. The van der Waals surface area contributed by atoms with Crippen molar-refractivity contribution in [3.63, 3.8) is 0 Å². The predicted molar refractivity (Wildman–Crippen MR) is 111 cm³/mol. The summed E-state index contributed by atoms with van der Waals surface area (Å²) in [6, 6.07) is 13.8. The lowest BCUT2D eigenvalue weighted by Gasteiger charge is -2.36. The molecule has 1 saturated heterocycles. The van der Waals surface area contributed by atoms with Gasteiger partial charge in [0.1, 0.15) is 18.4 Å². The highest BCUT2D eigenvalue weighted by Gasteiger charge is 2.27. The van der Waals surface area contributed by atoms with Crippen LogP contribution in [0.3, 0.4) is 0 Å². The number of carbonyl (C=O) groups is 1. The van der Waals surface area contributed by atoms with Crippen LogP contribution >= 0.6 is 11.8 Å². The minimum atomic E-state index is -0.0830. The van der Waals surface area contributed by atoms with Gasteiger partial charge in [0.05, 0.1) is 0 Å². The normalized spacial score (nSPS) is 16.3. The standard InChI is InChI=1S/C21H29N3O2S/c1-27-18-9-20(23-10-5-6-11-23)21(25)24-14-12-22(13-15-24)16-17-26-19-7-3-2-4-8-19/h2-8,10-11,20H,9,12-18H2,1H3/t20-/m1/s1. The maximum Gasteiger partial charge on any atom is 0.245 e. The van der Waals surface area contributed by atoms with Crippen LogP contribution in [0, 0.1) is 0 Å². The minimum absolute atomic E-state index is 0.0830. The lowest BCUT2D eigenvalue weighted by Crippen LogP contribution is -2.51. The van der Waals surface area contributed by atoms with E-state index in [1.54, 1.807) is 11.8 Å². The molecule has 6 heteroatoms. The Morgan fingerprint density at radius 1 is 1.07 bits per heavy atom. The Morgan fingerprint density at radius 2 is 1.78 bits per heavy atom.